The van der Waals surface area contributed by atoms with E-state index in [1.165, 1.54) is 11.1 Å². The summed E-state index contributed by atoms with van der Waals surface area (Å²) in [6.45, 7) is 5.22. The van der Waals surface area contributed by atoms with Crippen LogP contribution in [0.4, 0.5) is 0 Å². The highest BCUT2D eigenvalue weighted by molar-refractivity contribution is 5.43. The number of benzene rings is 1. The van der Waals surface area contributed by atoms with E-state index in [1.54, 1.807) is 7.11 Å². The predicted molar refractivity (Wildman–Crippen MR) is 73.3 cm³/mol. The molecule has 0 aromatic heterocycles. The number of methoxy groups -OCH3 is 1. The average molecular weight is 260 g/mol. The molecule has 1 heterocycles. The fourth-order valence-electron chi connectivity index (χ4n) is 3.28. The van der Waals surface area contributed by atoms with E-state index >= 15 is 0 Å². The number of rotatable bonds is 3. The summed E-state index contributed by atoms with van der Waals surface area (Å²) >= 11 is 0. The normalized spacial score (nSPS) is 24.2. The van der Waals surface area contributed by atoms with Crippen LogP contribution in [0.5, 0.6) is 5.75 Å². The van der Waals surface area contributed by atoms with E-state index in [4.69, 9.17) is 14.2 Å². The SMILES string of the molecule is C=CCC1Cc2cccc(OC)c2CC12OCCO2. The summed E-state index contributed by atoms with van der Waals surface area (Å²) in [5, 5.41) is 0. The Morgan fingerprint density at radius 3 is 2.89 bits per heavy atom. The lowest BCUT2D eigenvalue weighted by molar-refractivity contribution is -0.198. The summed E-state index contributed by atoms with van der Waals surface area (Å²) in [5.74, 6) is 0.802. The van der Waals surface area contributed by atoms with E-state index in [0.29, 0.717) is 19.1 Å². The maximum atomic E-state index is 5.98. The average Bonchev–Trinajstić information content (AvgIpc) is 2.89. The quantitative estimate of drug-likeness (QED) is 0.782. The third kappa shape index (κ3) is 2.07. The van der Waals surface area contributed by atoms with Gasteiger partial charge in [-0.25, -0.2) is 0 Å². The molecule has 0 N–H and O–H groups in total. The molecule has 0 radical (unpaired) electrons. The zero-order chi connectivity index (χ0) is 13.3. The minimum atomic E-state index is -0.476. The Balaban J connectivity index is 2.00. The number of fused-ring (bicyclic) bond motifs is 1. The zero-order valence-corrected chi connectivity index (χ0v) is 11.4. The molecule has 0 bridgehead atoms. The molecule has 1 aromatic carbocycles. The molecule has 102 valence electrons. The van der Waals surface area contributed by atoms with Crippen LogP contribution in [0.3, 0.4) is 0 Å². The first kappa shape index (κ1) is 12.7. The van der Waals surface area contributed by atoms with Gasteiger partial charge >= 0.3 is 0 Å². The first-order chi connectivity index (χ1) is 9.29. The zero-order valence-electron chi connectivity index (χ0n) is 11.4. The first-order valence-electron chi connectivity index (χ1n) is 6.82. The second-order valence-electron chi connectivity index (χ2n) is 5.21. The van der Waals surface area contributed by atoms with Gasteiger partial charge in [0.1, 0.15) is 5.75 Å². The van der Waals surface area contributed by atoms with E-state index in [9.17, 15) is 0 Å². The predicted octanol–water partition coefficient (Wildman–Crippen LogP) is 2.73. The van der Waals surface area contributed by atoms with Crippen molar-refractivity contribution < 1.29 is 14.2 Å². The van der Waals surface area contributed by atoms with Crippen molar-refractivity contribution in [2.75, 3.05) is 20.3 Å². The molecular formula is C16H20O3. The molecule has 19 heavy (non-hydrogen) atoms. The first-order valence-corrected chi connectivity index (χ1v) is 6.82. The Labute approximate surface area is 114 Å². The molecule has 1 aliphatic carbocycles. The smallest absolute Gasteiger partial charge is 0.176 e. The molecule has 3 heteroatoms. The van der Waals surface area contributed by atoms with Crippen LogP contribution in [0, 0.1) is 5.92 Å². The monoisotopic (exact) mass is 260 g/mol. The fourth-order valence-corrected chi connectivity index (χ4v) is 3.28. The number of ether oxygens (including phenoxy) is 3. The fraction of sp³-hybridized carbons (Fsp3) is 0.500. The summed E-state index contributed by atoms with van der Waals surface area (Å²) < 4.78 is 17.4. The topological polar surface area (TPSA) is 27.7 Å². The Morgan fingerprint density at radius 2 is 2.21 bits per heavy atom. The van der Waals surface area contributed by atoms with Gasteiger partial charge < -0.3 is 14.2 Å². The van der Waals surface area contributed by atoms with Crippen LogP contribution in [0.15, 0.2) is 30.9 Å². The summed E-state index contributed by atoms with van der Waals surface area (Å²) in [7, 11) is 1.72. The minimum Gasteiger partial charge on any atom is -0.496 e. The van der Waals surface area contributed by atoms with Crippen molar-refractivity contribution in [3.05, 3.63) is 42.0 Å². The maximum absolute atomic E-state index is 5.98. The van der Waals surface area contributed by atoms with Gasteiger partial charge in [0.15, 0.2) is 5.79 Å². The van der Waals surface area contributed by atoms with Gasteiger partial charge in [0.25, 0.3) is 0 Å². The highest BCUT2D eigenvalue weighted by Crippen LogP contribution is 2.43. The molecule has 3 rings (SSSR count). The summed E-state index contributed by atoms with van der Waals surface area (Å²) in [6.07, 6.45) is 4.60. The molecule has 2 aliphatic rings. The van der Waals surface area contributed by atoms with Gasteiger partial charge in [-0.2, -0.15) is 0 Å². The van der Waals surface area contributed by atoms with Crippen molar-refractivity contribution in [3.8, 4) is 5.75 Å². The third-order valence-corrected chi connectivity index (χ3v) is 4.19. The Bertz CT molecular complexity index is 475. The highest BCUT2D eigenvalue weighted by atomic mass is 16.7. The Hall–Kier alpha value is -1.32. The van der Waals surface area contributed by atoms with E-state index in [2.05, 4.69) is 18.7 Å². The van der Waals surface area contributed by atoms with Crippen LogP contribution in [-0.4, -0.2) is 26.1 Å². The van der Waals surface area contributed by atoms with Crippen LogP contribution in [0.25, 0.3) is 0 Å². The van der Waals surface area contributed by atoms with Gasteiger partial charge in [-0.3, -0.25) is 0 Å². The molecule has 1 spiro atoms. The molecule has 1 saturated heterocycles. The van der Waals surface area contributed by atoms with Gasteiger partial charge in [0, 0.05) is 17.9 Å². The van der Waals surface area contributed by atoms with E-state index in [0.717, 1.165) is 25.0 Å². The van der Waals surface area contributed by atoms with Crippen molar-refractivity contribution in [3.63, 3.8) is 0 Å². The van der Waals surface area contributed by atoms with Crippen LogP contribution in [0.1, 0.15) is 17.5 Å². The Kier molecular flexibility index (Phi) is 3.33. The molecule has 3 nitrogen and oxygen atoms in total. The molecule has 0 saturated carbocycles. The summed E-state index contributed by atoms with van der Waals surface area (Å²) in [6, 6.07) is 6.24. The van der Waals surface area contributed by atoms with E-state index in [-0.39, 0.29) is 0 Å². The van der Waals surface area contributed by atoms with Gasteiger partial charge in [0.05, 0.1) is 20.3 Å². The van der Waals surface area contributed by atoms with Crippen LogP contribution >= 0.6 is 0 Å². The molecule has 1 aromatic rings. The second kappa shape index (κ2) is 4.99. The summed E-state index contributed by atoms with van der Waals surface area (Å²) in [4.78, 5) is 0. The maximum Gasteiger partial charge on any atom is 0.176 e. The van der Waals surface area contributed by atoms with Crippen molar-refractivity contribution in [2.24, 2.45) is 5.92 Å². The van der Waals surface area contributed by atoms with Crippen molar-refractivity contribution >= 4 is 0 Å². The molecule has 0 amide bonds. The van der Waals surface area contributed by atoms with E-state index in [1.807, 2.05) is 12.1 Å². The van der Waals surface area contributed by atoms with Crippen molar-refractivity contribution in [1.29, 1.82) is 0 Å². The van der Waals surface area contributed by atoms with Crippen LogP contribution in [-0.2, 0) is 22.3 Å². The van der Waals surface area contributed by atoms with Gasteiger partial charge in [-0.15, -0.1) is 6.58 Å². The lowest BCUT2D eigenvalue weighted by Crippen LogP contribution is -2.45. The molecule has 1 atom stereocenters. The molecule has 1 aliphatic heterocycles. The molecule has 1 fully saturated rings. The number of hydrogen-bond acceptors (Lipinski definition) is 3. The minimum absolute atomic E-state index is 0.340. The molecular weight excluding hydrogens is 240 g/mol. The summed E-state index contributed by atoms with van der Waals surface area (Å²) in [5.41, 5.74) is 2.57. The van der Waals surface area contributed by atoms with Crippen molar-refractivity contribution in [1.82, 2.24) is 0 Å². The highest BCUT2D eigenvalue weighted by Gasteiger charge is 2.47. The largest absolute Gasteiger partial charge is 0.496 e. The second-order valence-corrected chi connectivity index (χ2v) is 5.21. The number of allylic oxidation sites excluding steroid dienone is 1. The third-order valence-electron chi connectivity index (χ3n) is 4.19. The lowest BCUT2D eigenvalue weighted by Gasteiger charge is -2.40. The van der Waals surface area contributed by atoms with E-state index < -0.39 is 5.79 Å². The molecule has 1 unspecified atom stereocenters. The Morgan fingerprint density at radius 1 is 1.42 bits per heavy atom. The standard InChI is InChI=1S/C16H20O3/c1-3-5-13-10-12-6-4-7-15(17-2)14(12)11-16(13)18-8-9-19-16/h3-4,6-7,13H,1,5,8-11H2,2H3. The van der Waals surface area contributed by atoms with Crippen LogP contribution in [0.2, 0.25) is 0 Å². The van der Waals surface area contributed by atoms with Crippen LogP contribution < -0.4 is 4.74 Å². The number of hydrogen-bond donors (Lipinski definition) is 0. The van der Waals surface area contributed by atoms with Gasteiger partial charge in [0.2, 0.25) is 0 Å². The van der Waals surface area contributed by atoms with Gasteiger partial charge in [-0.1, -0.05) is 18.2 Å². The van der Waals surface area contributed by atoms with Gasteiger partial charge in [-0.05, 0) is 24.5 Å². The van der Waals surface area contributed by atoms with Crippen molar-refractivity contribution in [2.45, 2.75) is 25.0 Å². The lowest BCUT2D eigenvalue weighted by atomic mass is 9.77.